The van der Waals surface area contributed by atoms with Crippen LogP contribution < -0.4 is 0 Å². The van der Waals surface area contributed by atoms with Crippen LogP contribution in [0.15, 0.2) is 36.4 Å². The fourth-order valence-corrected chi connectivity index (χ4v) is 1.78. The molecule has 0 spiro atoms. The van der Waals surface area contributed by atoms with Gasteiger partial charge in [0.15, 0.2) is 0 Å². The van der Waals surface area contributed by atoms with Crippen LogP contribution in [0.2, 0.25) is 0 Å². The molecule has 1 aliphatic heterocycles. The van der Waals surface area contributed by atoms with Gasteiger partial charge in [-0.25, -0.2) is 0 Å². The van der Waals surface area contributed by atoms with Gasteiger partial charge in [-0.3, -0.25) is 10.1 Å². The topological polar surface area (TPSA) is 52.4 Å². The highest BCUT2D eigenvalue weighted by Crippen LogP contribution is 2.20. The van der Waals surface area contributed by atoms with E-state index in [1.807, 2.05) is 6.07 Å². The van der Waals surface area contributed by atoms with E-state index in [0.29, 0.717) is 12.2 Å². The van der Waals surface area contributed by atoms with E-state index in [-0.39, 0.29) is 16.7 Å². The van der Waals surface area contributed by atoms with Gasteiger partial charge in [0, 0.05) is 12.7 Å². The molecule has 0 aromatic heterocycles. The average Bonchev–Trinajstić information content (AvgIpc) is 2.79. The van der Waals surface area contributed by atoms with Crippen LogP contribution in [0.25, 0.3) is 5.70 Å². The van der Waals surface area contributed by atoms with Crippen LogP contribution in [0.4, 0.5) is 0 Å². The van der Waals surface area contributed by atoms with E-state index in [0.717, 1.165) is 12.8 Å². The van der Waals surface area contributed by atoms with Gasteiger partial charge in [0.25, 0.3) is 5.70 Å². The molecule has 0 amide bonds. The summed E-state index contributed by atoms with van der Waals surface area (Å²) in [7, 11) is 0. The molecule has 1 fully saturated rings. The van der Waals surface area contributed by atoms with Crippen molar-refractivity contribution in [1.82, 2.24) is 0 Å². The molecular weight excluding hydrogens is 206 g/mol. The maximum absolute atomic E-state index is 11.0. The molecule has 1 atom stereocenters. The molecule has 1 unspecified atom stereocenters. The highest BCUT2D eigenvalue weighted by atomic mass is 16.6. The maximum atomic E-state index is 11.0. The minimum absolute atomic E-state index is 0.111. The largest absolute Gasteiger partial charge is 0.374 e. The van der Waals surface area contributed by atoms with E-state index < -0.39 is 0 Å². The molecule has 2 rings (SSSR count). The van der Waals surface area contributed by atoms with E-state index >= 15 is 0 Å². The van der Waals surface area contributed by atoms with Gasteiger partial charge >= 0.3 is 0 Å². The molecule has 1 aliphatic rings. The Labute approximate surface area is 93.7 Å². The number of hydrogen-bond acceptors (Lipinski definition) is 3. The highest BCUT2D eigenvalue weighted by molar-refractivity contribution is 5.58. The Balaban J connectivity index is 2.26. The lowest BCUT2D eigenvalue weighted by atomic mass is 10.1. The average molecular weight is 219 g/mol. The van der Waals surface area contributed by atoms with Crippen molar-refractivity contribution in [3.8, 4) is 0 Å². The normalized spacial score (nSPS) is 21.0. The first kappa shape index (κ1) is 10.8. The summed E-state index contributed by atoms with van der Waals surface area (Å²) in [4.78, 5) is 10.6. The van der Waals surface area contributed by atoms with Crippen LogP contribution in [0.3, 0.4) is 0 Å². The third-order valence-corrected chi connectivity index (χ3v) is 2.57. The number of hydrogen-bond donors (Lipinski definition) is 0. The summed E-state index contributed by atoms with van der Waals surface area (Å²) < 4.78 is 5.37. The van der Waals surface area contributed by atoms with Crippen LogP contribution in [-0.4, -0.2) is 17.6 Å². The van der Waals surface area contributed by atoms with Gasteiger partial charge in [0.05, 0.1) is 16.6 Å². The monoisotopic (exact) mass is 219 g/mol. The first-order chi connectivity index (χ1) is 7.77. The fourth-order valence-electron chi connectivity index (χ4n) is 1.78. The number of ether oxygens (including phenoxy) is 1. The van der Waals surface area contributed by atoms with E-state index in [1.54, 1.807) is 30.3 Å². The summed E-state index contributed by atoms with van der Waals surface area (Å²) in [5.41, 5.74) is 0.760. The Morgan fingerprint density at radius 1 is 1.44 bits per heavy atom. The third-order valence-electron chi connectivity index (χ3n) is 2.57. The van der Waals surface area contributed by atoms with E-state index in [9.17, 15) is 10.1 Å². The molecule has 84 valence electrons. The van der Waals surface area contributed by atoms with Crippen LogP contribution in [0.5, 0.6) is 0 Å². The van der Waals surface area contributed by atoms with Gasteiger partial charge in [0.2, 0.25) is 0 Å². The zero-order chi connectivity index (χ0) is 11.4. The molecule has 16 heavy (non-hydrogen) atoms. The van der Waals surface area contributed by atoms with Crippen molar-refractivity contribution in [2.24, 2.45) is 0 Å². The fraction of sp³-hybridized carbons (Fsp3) is 0.333. The van der Waals surface area contributed by atoms with Crippen molar-refractivity contribution in [3.63, 3.8) is 0 Å². The Kier molecular flexibility index (Phi) is 3.31. The van der Waals surface area contributed by atoms with Gasteiger partial charge in [-0.05, 0) is 25.0 Å². The molecule has 4 nitrogen and oxygen atoms in total. The van der Waals surface area contributed by atoms with Crippen molar-refractivity contribution in [3.05, 3.63) is 52.1 Å². The molecule has 0 bridgehead atoms. The summed E-state index contributed by atoms with van der Waals surface area (Å²) in [6.45, 7) is 0.695. The van der Waals surface area contributed by atoms with Gasteiger partial charge < -0.3 is 4.74 Å². The predicted molar refractivity (Wildman–Crippen MR) is 60.4 cm³/mol. The summed E-state index contributed by atoms with van der Waals surface area (Å²) in [6, 6.07) is 8.91. The summed E-state index contributed by atoms with van der Waals surface area (Å²) >= 11 is 0. The highest BCUT2D eigenvalue weighted by Gasteiger charge is 2.20. The molecule has 0 radical (unpaired) electrons. The number of nitrogens with zero attached hydrogens (tertiary/aromatic N) is 1. The van der Waals surface area contributed by atoms with E-state index in [4.69, 9.17) is 4.74 Å². The first-order valence-corrected chi connectivity index (χ1v) is 5.30. The summed E-state index contributed by atoms with van der Waals surface area (Å²) in [5.74, 6) is 0. The van der Waals surface area contributed by atoms with Gasteiger partial charge in [-0.15, -0.1) is 0 Å². The van der Waals surface area contributed by atoms with E-state index in [1.165, 1.54) is 0 Å². The second kappa shape index (κ2) is 4.90. The Morgan fingerprint density at radius 3 is 2.75 bits per heavy atom. The summed E-state index contributed by atoms with van der Waals surface area (Å²) in [6.07, 6.45) is 3.34. The standard InChI is InChI=1S/C12H13NO3/c14-13(15)12(9-11-7-4-8-16-11)10-5-2-1-3-6-10/h1-3,5-6,9,11H,4,7-8H2/b12-9+. The van der Waals surface area contributed by atoms with Gasteiger partial charge in [0.1, 0.15) is 0 Å². The number of nitro groups is 1. The van der Waals surface area contributed by atoms with Gasteiger partial charge in [-0.1, -0.05) is 18.2 Å². The molecule has 0 saturated carbocycles. The molecule has 1 saturated heterocycles. The Morgan fingerprint density at radius 2 is 2.19 bits per heavy atom. The minimum Gasteiger partial charge on any atom is -0.374 e. The molecule has 0 N–H and O–H groups in total. The lowest BCUT2D eigenvalue weighted by molar-refractivity contribution is -0.375. The van der Waals surface area contributed by atoms with Crippen molar-refractivity contribution in [2.75, 3.05) is 6.61 Å². The molecule has 1 aromatic rings. The second-order valence-electron chi connectivity index (χ2n) is 3.73. The third kappa shape index (κ3) is 2.46. The zero-order valence-corrected chi connectivity index (χ0v) is 8.83. The van der Waals surface area contributed by atoms with Crippen molar-refractivity contribution in [2.45, 2.75) is 18.9 Å². The molecule has 4 heteroatoms. The van der Waals surface area contributed by atoms with Crippen LogP contribution in [0, 0.1) is 10.1 Å². The number of rotatable bonds is 3. The SMILES string of the molecule is O=[N+]([O-])/C(=C/C1CCCO1)c1ccccc1. The molecular formula is C12H13NO3. The maximum Gasteiger partial charge on any atom is 0.275 e. The van der Waals surface area contributed by atoms with Crippen LogP contribution in [0.1, 0.15) is 18.4 Å². The first-order valence-electron chi connectivity index (χ1n) is 5.30. The minimum atomic E-state index is -0.350. The smallest absolute Gasteiger partial charge is 0.275 e. The zero-order valence-electron chi connectivity index (χ0n) is 8.83. The Hall–Kier alpha value is -1.68. The second-order valence-corrected chi connectivity index (χ2v) is 3.73. The predicted octanol–water partition coefficient (Wildman–Crippen LogP) is 2.48. The molecule has 0 aliphatic carbocycles. The van der Waals surface area contributed by atoms with Crippen LogP contribution in [-0.2, 0) is 4.74 Å². The Bertz CT molecular complexity index is 394. The van der Waals surface area contributed by atoms with Crippen molar-refractivity contribution < 1.29 is 9.66 Å². The lowest BCUT2D eigenvalue weighted by Crippen LogP contribution is -2.06. The van der Waals surface area contributed by atoms with Crippen molar-refractivity contribution in [1.29, 1.82) is 0 Å². The van der Waals surface area contributed by atoms with Crippen LogP contribution >= 0.6 is 0 Å². The van der Waals surface area contributed by atoms with Crippen molar-refractivity contribution >= 4 is 5.70 Å². The summed E-state index contributed by atoms with van der Waals surface area (Å²) in [5, 5.41) is 11.0. The quantitative estimate of drug-likeness (QED) is 0.579. The lowest BCUT2D eigenvalue weighted by Gasteiger charge is -2.03. The molecule has 1 aromatic carbocycles. The number of benzene rings is 1. The van der Waals surface area contributed by atoms with E-state index in [2.05, 4.69) is 0 Å². The molecule has 1 heterocycles. The van der Waals surface area contributed by atoms with Gasteiger partial charge in [-0.2, -0.15) is 0 Å².